The third-order valence-electron chi connectivity index (χ3n) is 6.04. The van der Waals surface area contributed by atoms with Gasteiger partial charge in [-0.25, -0.2) is 0 Å². The summed E-state index contributed by atoms with van der Waals surface area (Å²) in [6.45, 7) is 10.7. The Balaban J connectivity index is 2.12. The van der Waals surface area contributed by atoms with Gasteiger partial charge >= 0.3 is 23.9 Å². The molecule has 0 aromatic heterocycles. The van der Waals surface area contributed by atoms with Crippen LogP contribution in [0.3, 0.4) is 0 Å². The van der Waals surface area contributed by atoms with E-state index < -0.39 is 35.3 Å². The summed E-state index contributed by atoms with van der Waals surface area (Å²) in [5.41, 5.74) is 0.809. The first-order valence-electron chi connectivity index (χ1n) is 13.5. The van der Waals surface area contributed by atoms with Crippen molar-refractivity contribution in [2.24, 2.45) is 0 Å². The molecule has 10 heteroatoms. The van der Waals surface area contributed by atoms with Gasteiger partial charge < -0.3 is 23.7 Å². The molecule has 1 atom stereocenters. The Labute approximate surface area is 249 Å². The van der Waals surface area contributed by atoms with Crippen molar-refractivity contribution in [2.75, 3.05) is 0 Å². The molecule has 0 bridgehead atoms. The zero-order valence-corrected chi connectivity index (χ0v) is 25.2. The zero-order valence-electron chi connectivity index (χ0n) is 25.2. The van der Waals surface area contributed by atoms with Gasteiger partial charge in [0.05, 0.1) is 11.1 Å². The van der Waals surface area contributed by atoms with Crippen molar-refractivity contribution in [1.29, 1.82) is 0 Å². The quantitative estimate of drug-likeness (QED) is 0.104. The van der Waals surface area contributed by atoms with E-state index in [1.807, 2.05) is 20.8 Å². The molecule has 1 aliphatic heterocycles. The Kier molecular flexibility index (Phi) is 10.4. The summed E-state index contributed by atoms with van der Waals surface area (Å²) in [4.78, 5) is 60.8. The monoisotopic (exact) mass is 590 g/mol. The van der Waals surface area contributed by atoms with Crippen LogP contribution in [0, 0.1) is 0 Å². The van der Waals surface area contributed by atoms with Crippen LogP contribution in [0.2, 0.25) is 0 Å². The fraction of sp³-hybridized carbons (Fsp3) is 0.303. The van der Waals surface area contributed by atoms with Crippen LogP contribution in [-0.2, 0) is 19.2 Å². The standard InChI is InChI=1S/C33H34O10/c1-19(2)9-8-15-33(7)16-14-26-31(42-23(6)37)27(18-30(32(26)43-33)41-22(5)36)28(38)12-10-24-17-25(39-20(3)34)11-13-29(24)40-21(4)35/h9-14,16-18H,8,15H2,1-7H3. The third-order valence-corrected chi connectivity index (χ3v) is 6.04. The first-order chi connectivity index (χ1) is 20.2. The molecule has 0 fully saturated rings. The molecule has 1 heterocycles. The highest BCUT2D eigenvalue weighted by molar-refractivity contribution is 6.10. The Morgan fingerprint density at radius 1 is 0.814 bits per heavy atom. The number of fused-ring (bicyclic) bond motifs is 1. The van der Waals surface area contributed by atoms with Gasteiger partial charge in [-0.1, -0.05) is 11.6 Å². The second kappa shape index (κ2) is 13.8. The molecular weight excluding hydrogens is 556 g/mol. The van der Waals surface area contributed by atoms with Crippen molar-refractivity contribution >= 4 is 41.8 Å². The SMILES string of the molecule is CC(=O)Oc1ccc(OC(C)=O)c(C=CC(=O)c2cc(OC(C)=O)c3c(c2OC(C)=O)C=CC(C)(CCC=C(C)C)O3)c1. The lowest BCUT2D eigenvalue weighted by molar-refractivity contribution is -0.133. The maximum Gasteiger partial charge on any atom is 0.308 e. The molecule has 1 unspecified atom stereocenters. The summed E-state index contributed by atoms with van der Waals surface area (Å²) >= 11 is 0. The maximum absolute atomic E-state index is 13.6. The van der Waals surface area contributed by atoms with Crippen molar-refractivity contribution in [2.45, 2.75) is 66.9 Å². The molecule has 10 nitrogen and oxygen atoms in total. The number of benzene rings is 2. The van der Waals surface area contributed by atoms with E-state index in [0.717, 1.165) is 18.1 Å². The van der Waals surface area contributed by atoms with Gasteiger partial charge in [0.25, 0.3) is 0 Å². The van der Waals surface area contributed by atoms with E-state index in [0.29, 0.717) is 6.42 Å². The van der Waals surface area contributed by atoms with Crippen LogP contribution >= 0.6 is 0 Å². The first kappa shape index (κ1) is 32.5. The van der Waals surface area contributed by atoms with Crippen LogP contribution in [0.4, 0.5) is 0 Å². The second-order valence-corrected chi connectivity index (χ2v) is 10.3. The fourth-order valence-corrected chi connectivity index (χ4v) is 4.27. The van der Waals surface area contributed by atoms with Crippen LogP contribution in [-0.4, -0.2) is 35.3 Å². The summed E-state index contributed by atoms with van der Waals surface area (Å²) < 4.78 is 27.6. The summed E-state index contributed by atoms with van der Waals surface area (Å²) in [5.74, 6) is -2.79. The lowest BCUT2D eigenvalue weighted by atomic mass is 9.92. The highest BCUT2D eigenvalue weighted by atomic mass is 16.6. The minimum atomic E-state index is -0.771. The van der Waals surface area contributed by atoms with Gasteiger partial charge in [0.1, 0.15) is 17.1 Å². The molecule has 226 valence electrons. The number of carbonyl (C=O) groups excluding carboxylic acids is 5. The smallest absolute Gasteiger partial charge is 0.308 e. The van der Waals surface area contributed by atoms with Gasteiger partial charge in [-0.3, -0.25) is 24.0 Å². The number of esters is 4. The molecule has 2 aromatic rings. The molecule has 1 aliphatic rings. The Morgan fingerprint density at radius 3 is 2.05 bits per heavy atom. The van der Waals surface area contributed by atoms with Gasteiger partial charge in [0.15, 0.2) is 23.0 Å². The molecule has 0 radical (unpaired) electrons. The fourth-order valence-electron chi connectivity index (χ4n) is 4.27. The van der Waals surface area contributed by atoms with E-state index in [1.165, 1.54) is 58.0 Å². The maximum atomic E-state index is 13.6. The first-order valence-corrected chi connectivity index (χ1v) is 13.5. The van der Waals surface area contributed by atoms with E-state index in [-0.39, 0.29) is 45.4 Å². The summed E-state index contributed by atoms with van der Waals surface area (Å²) in [6.07, 6.45) is 9.40. The van der Waals surface area contributed by atoms with Crippen molar-refractivity contribution in [3.05, 3.63) is 64.8 Å². The van der Waals surface area contributed by atoms with E-state index in [9.17, 15) is 24.0 Å². The van der Waals surface area contributed by atoms with Crippen molar-refractivity contribution in [3.63, 3.8) is 0 Å². The van der Waals surface area contributed by atoms with Crippen LogP contribution in [0.1, 0.15) is 82.8 Å². The van der Waals surface area contributed by atoms with Gasteiger partial charge in [0.2, 0.25) is 0 Å². The molecule has 0 saturated carbocycles. The number of hydrogen-bond acceptors (Lipinski definition) is 10. The van der Waals surface area contributed by atoms with Gasteiger partial charge in [-0.15, -0.1) is 0 Å². The average Bonchev–Trinajstić information content (AvgIpc) is 2.88. The molecule has 0 saturated heterocycles. The molecule has 0 amide bonds. The Bertz CT molecular complexity index is 1560. The van der Waals surface area contributed by atoms with Crippen LogP contribution in [0.5, 0.6) is 28.7 Å². The van der Waals surface area contributed by atoms with E-state index in [2.05, 4.69) is 6.08 Å². The van der Waals surface area contributed by atoms with Crippen molar-refractivity contribution < 1.29 is 47.7 Å². The van der Waals surface area contributed by atoms with Crippen molar-refractivity contribution in [3.8, 4) is 28.7 Å². The van der Waals surface area contributed by atoms with Crippen LogP contribution in [0.15, 0.2) is 48.1 Å². The molecular formula is C33H34O10. The molecule has 43 heavy (non-hydrogen) atoms. The molecule has 2 aromatic carbocycles. The zero-order chi connectivity index (χ0) is 31.9. The van der Waals surface area contributed by atoms with E-state index >= 15 is 0 Å². The number of hydrogen-bond donors (Lipinski definition) is 0. The molecule has 0 spiro atoms. The van der Waals surface area contributed by atoms with E-state index in [1.54, 1.807) is 12.2 Å². The largest absolute Gasteiger partial charge is 0.479 e. The number of ketones is 1. The predicted molar refractivity (Wildman–Crippen MR) is 158 cm³/mol. The minimum Gasteiger partial charge on any atom is -0.479 e. The third kappa shape index (κ3) is 9.00. The number of carbonyl (C=O) groups is 5. The number of rotatable bonds is 10. The van der Waals surface area contributed by atoms with E-state index in [4.69, 9.17) is 23.7 Å². The lowest BCUT2D eigenvalue weighted by Crippen LogP contribution is -2.32. The predicted octanol–water partition coefficient (Wildman–Crippen LogP) is 6.19. The van der Waals surface area contributed by atoms with Gasteiger partial charge in [0, 0.05) is 33.3 Å². The molecule has 0 N–H and O–H groups in total. The molecule has 0 aliphatic carbocycles. The number of ether oxygens (including phenoxy) is 5. The van der Waals surface area contributed by atoms with Crippen molar-refractivity contribution in [1.82, 2.24) is 0 Å². The highest BCUT2D eigenvalue weighted by Crippen LogP contribution is 2.47. The minimum absolute atomic E-state index is 0.0228. The number of allylic oxidation sites excluding steroid dienone is 3. The summed E-state index contributed by atoms with van der Waals surface area (Å²) in [5, 5.41) is 0. The van der Waals surface area contributed by atoms with Crippen LogP contribution < -0.4 is 23.7 Å². The molecule has 3 rings (SSSR count). The summed E-state index contributed by atoms with van der Waals surface area (Å²) in [7, 11) is 0. The van der Waals surface area contributed by atoms with Crippen LogP contribution in [0.25, 0.3) is 12.2 Å². The Hall–Kier alpha value is -4.99. The lowest BCUT2D eigenvalue weighted by Gasteiger charge is -2.33. The normalized spacial score (nSPS) is 15.1. The average molecular weight is 591 g/mol. The highest BCUT2D eigenvalue weighted by Gasteiger charge is 2.34. The topological polar surface area (TPSA) is 132 Å². The second-order valence-electron chi connectivity index (χ2n) is 10.3. The Morgan fingerprint density at radius 2 is 1.44 bits per heavy atom. The van der Waals surface area contributed by atoms with Gasteiger partial charge in [-0.05, 0) is 82.2 Å². The van der Waals surface area contributed by atoms with Gasteiger partial charge in [-0.2, -0.15) is 0 Å². The summed E-state index contributed by atoms with van der Waals surface area (Å²) in [6, 6.07) is 5.55.